The number of rotatable bonds is 1. The first-order valence-corrected chi connectivity index (χ1v) is 7.22. The molecule has 100 valence electrons. The van der Waals surface area contributed by atoms with E-state index in [1.165, 1.54) is 16.7 Å². The molecule has 2 aliphatic heterocycles. The average molecular weight is 263 g/mol. The van der Waals surface area contributed by atoms with Crippen LogP contribution in [0.3, 0.4) is 0 Å². The number of fused-ring (bicyclic) bond motifs is 3. The Bertz CT molecular complexity index is 706. The lowest BCUT2D eigenvalue weighted by Crippen LogP contribution is -2.39. The van der Waals surface area contributed by atoms with Crippen LogP contribution in [0.4, 0.5) is 0 Å². The largest absolute Gasteiger partial charge is 0.325 e. The molecule has 1 saturated heterocycles. The molecule has 1 fully saturated rings. The Morgan fingerprint density at radius 3 is 2.80 bits per heavy atom. The van der Waals surface area contributed by atoms with Gasteiger partial charge in [0.2, 0.25) is 0 Å². The normalized spacial score (nSPS) is 23.9. The lowest BCUT2D eigenvalue weighted by molar-refractivity contribution is 0.0711. The summed E-state index contributed by atoms with van der Waals surface area (Å²) < 4.78 is 0. The van der Waals surface area contributed by atoms with Gasteiger partial charge in [0.15, 0.2) is 0 Å². The van der Waals surface area contributed by atoms with Crippen molar-refractivity contribution < 1.29 is 4.79 Å². The predicted octanol–water partition coefficient (Wildman–Crippen LogP) is 3.49. The van der Waals surface area contributed by atoms with Crippen molar-refractivity contribution in [3.05, 3.63) is 70.8 Å². The van der Waals surface area contributed by atoms with E-state index in [9.17, 15) is 4.79 Å². The molecular formula is C18H17NO. The standard InChI is InChI=1S/C18H17NO/c1-13-6-4-7-14(12-13)18-10-5-11-19(18)17(20)15-8-2-3-9-16(15)18/h2-4,6-9,12H,5,10-11H2,1H3. The molecule has 0 saturated carbocycles. The van der Waals surface area contributed by atoms with Gasteiger partial charge in [-0.15, -0.1) is 0 Å². The summed E-state index contributed by atoms with van der Waals surface area (Å²) in [7, 11) is 0. The third-order valence-electron chi connectivity index (χ3n) is 4.72. The fourth-order valence-corrected chi connectivity index (χ4v) is 3.91. The van der Waals surface area contributed by atoms with Gasteiger partial charge in [0, 0.05) is 12.1 Å². The molecule has 1 unspecified atom stereocenters. The summed E-state index contributed by atoms with van der Waals surface area (Å²) in [6, 6.07) is 16.7. The minimum atomic E-state index is -0.223. The first kappa shape index (κ1) is 11.7. The maximum atomic E-state index is 12.7. The van der Waals surface area contributed by atoms with Crippen molar-refractivity contribution in [1.29, 1.82) is 0 Å². The molecule has 2 aliphatic rings. The number of amides is 1. The van der Waals surface area contributed by atoms with E-state index in [0.29, 0.717) is 0 Å². The van der Waals surface area contributed by atoms with Crippen molar-refractivity contribution >= 4 is 5.91 Å². The second kappa shape index (κ2) is 3.95. The summed E-state index contributed by atoms with van der Waals surface area (Å²) in [5.41, 5.74) is 4.36. The minimum absolute atomic E-state index is 0.194. The molecule has 0 radical (unpaired) electrons. The van der Waals surface area contributed by atoms with Gasteiger partial charge < -0.3 is 4.90 Å². The van der Waals surface area contributed by atoms with Gasteiger partial charge in [-0.2, -0.15) is 0 Å². The van der Waals surface area contributed by atoms with Crippen molar-refractivity contribution in [2.24, 2.45) is 0 Å². The van der Waals surface area contributed by atoms with Gasteiger partial charge in [0.1, 0.15) is 0 Å². The van der Waals surface area contributed by atoms with Crippen LogP contribution in [0.1, 0.15) is 39.9 Å². The van der Waals surface area contributed by atoms with Crippen LogP contribution in [0.5, 0.6) is 0 Å². The van der Waals surface area contributed by atoms with Crippen molar-refractivity contribution in [2.45, 2.75) is 25.3 Å². The molecule has 4 rings (SSSR count). The Morgan fingerprint density at radius 2 is 1.95 bits per heavy atom. The van der Waals surface area contributed by atoms with Crippen LogP contribution in [-0.2, 0) is 5.54 Å². The van der Waals surface area contributed by atoms with E-state index < -0.39 is 0 Å². The molecule has 0 aliphatic carbocycles. The van der Waals surface area contributed by atoms with Crippen LogP contribution in [-0.4, -0.2) is 17.4 Å². The number of aryl methyl sites for hydroxylation is 1. The monoisotopic (exact) mass is 263 g/mol. The molecular weight excluding hydrogens is 246 g/mol. The van der Waals surface area contributed by atoms with E-state index in [1.807, 2.05) is 18.2 Å². The minimum Gasteiger partial charge on any atom is -0.325 e. The molecule has 2 aromatic rings. The van der Waals surface area contributed by atoms with Gasteiger partial charge in [-0.05, 0) is 37.0 Å². The smallest absolute Gasteiger partial charge is 0.255 e. The molecule has 2 heterocycles. The third kappa shape index (κ3) is 1.31. The first-order chi connectivity index (χ1) is 9.73. The maximum absolute atomic E-state index is 12.7. The molecule has 2 nitrogen and oxygen atoms in total. The quantitative estimate of drug-likeness (QED) is 0.771. The molecule has 20 heavy (non-hydrogen) atoms. The lowest BCUT2D eigenvalue weighted by atomic mass is 9.81. The number of carbonyl (C=O) groups is 1. The predicted molar refractivity (Wildman–Crippen MR) is 78.7 cm³/mol. The summed E-state index contributed by atoms with van der Waals surface area (Å²) in [5, 5.41) is 0. The topological polar surface area (TPSA) is 20.3 Å². The zero-order valence-corrected chi connectivity index (χ0v) is 11.6. The Hall–Kier alpha value is -2.09. The maximum Gasteiger partial charge on any atom is 0.255 e. The van der Waals surface area contributed by atoms with Gasteiger partial charge in [0.05, 0.1) is 5.54 Å². The average Bonchev–Trinajstić information content (AvgIpc) is 3.00. The second-order valence-electron chi connectivity index (χ2n) is 5.84. The Labute approximate surface area is 119 Å². The van der Waals surface area contributed by atoms with Crippen molar-refractivity contribution in [3.63, 3.8) is 0 Å². The van der Waals surface area contributed by atoms with Crippen LogP contribution in [0, 0.1) is 6.92 Å². The Kier molecular flexibility index (Phi) is 2.31. The molecule has 1 atom stereocenters. The van der Waals surface area contributed by atoms with Crippen molar-refractivity contribution in [2.75, 3.05) is 6.54 Å². The van der Waals surface area contributed by atoms with Gasteiger partial charge in [0.25, 0.3) is 5.91 Å². The summed E-state index contributed by atoms with van der Waals surface area (Å²) in [5.74, 6) is 0.194. The summed E-state index contributed by atoms with van der Waals surface area (Å²) in [6.45, 7) is 2.98. The molecule has 0 bridgehead atoms. The van der Waals surface area contributed by atoms with E-state index in [0.717, 1.165) is 24.9 Å². The highest BCUT2D eigenvalue weighted by atomic mass is 16.2. The van der Waals surface area contributed by atoms with E-state index in [2.05, 4.69) is 42.2 Å². The van der Waals surface area contributed by atoms with Crippen LogP contribution in [0.2, 0.25) is 0 Å². The number of benzene rings is 2. The van der Waals surface area contributed by atoms with E-state index in [-0.39, 0.29) is 11.4 Å². The second-order valence-corrected chi connectivity index (χ2v) is 5.84. The van der Waals surface area contributed by atoms with Crippen LogP contribution in [0.25, 0.3) is 0 Å². The summed E-state index contributed by atoms with van der Waals surface area (Å²) >= 11 is 0. The molecule has 2 aromatic carbocycles. The van der Waals surface area contributed by atoms with Crippen LogP contribution in [0.15, 0.2) is 48.5 Å². The highest BCUT2D eigenvalue weighted by Crippen LogP contribution is 2.50. The van der Waals surface area contributed by atoms with E-state index >= 15 is 0 Å². The van der Waals surface area contributed by atoms with Crippen molar-refractivity contribution in [1.82, 2.24) is 4.90 Å². The SMILES string of the molecule is Cc1cccc(C23CCCN2C(=O)c2ccccc23)c1. The van der Waals surface area contributed by atoms with Crippen LogP contribution >= 0.6 is 0 Å². The molecule has 0 spiro atoms. The number of hydrogen-bond donors (Lipinski definition) is 0. The van der Waals surface area contributed by atoms with Gasteiger partial charge in [-0.25, -0.2) is 0 Å². The van der Waals surface area contributed by atoms with E-state index in [4.69, 9.17) is 0 Å². The number of nitrogens with zero attached hydrogens (tertiary/aromatic N) is 1. The lowest BCUT2D eigenvalue weighted by Gasteiger charge is -2.34. The Balaban J connectivity index is 2.01. The van der Waals surface area contributed by atoms with Gasteiger partial charge in [-0.3, -0.25) is 4.79 Å². The van der Waals surface area contributed by atoms with E-state index in [1.54, 1.807) is 0 Å². The zero-order valence-electron chi connectivity index (χ0n) is 11.6. The summed E-state index contributed by atoms with van der Waals surface area (Å²) in [6.07, 6.45) is 2.10. The van der Waals surface area contributed by atoms with Gasteiger partial charge >= 0.3 is 0 Å². The zero-order chi connectivity index (χ0) is 13.7. The third-order valence-corrected chi connectivity index (χ3v) is 4.72. The number of hydrogen-bond acceptors (Lipinski definition) is 1. The van der Waals surface area contributed by atoms with Crippen LogP contribution < -0.4 is 0 Å². The highest BCUT2D eigenvalue weighted by molar-refractivity contribution is 6.01. The fourth-order valence-electron chi connectivity index (χ4n) is 3.91. The molecule has 2 heteroatoms. The highest BCUT2D eigenvalue weighted by Gasteiger charge is 2.53. The van der Waals surface area contributed by atoms with Gasteiger partial charge in [-0.1, -0.05) is 48.0 Å². The summed E-state index contributed by atoms with van der Waals surface area (Å²) in [4.78, 5) is 14.7. The fraction of sp³-hybridized carbons (Fsp3) is 0.278. The van der Waals surface area contributed by atoms with Crippen molar-refractivity contribution in [3.8, 4) is 0 Å². The number of carbonyl (C=O) groups excluding carboxylic acids is 1. The Morgan fingerprint density at radius 1 is 1.10 bits per heavy atom. The first-order valence-electron chi connectivity index (χ1n) is 7.22. The molecule has 0 aromatic heterocycles. The molecule has 0 N–H and O–H groups in total. The molecule has 1 amide bonds.